The SMILES string of the molecule is O=C(NC1CCS(=O)(=O)C1)c1cnoc1-c1ccccc1. The second kappa shape index (κ2) is 5.33. The molecular weight excluding hydrogens is 292 g/mol. The zero-order valence-corrected chi connectivity index (χ0v) is 12.0. The molecule has 110 valence electrons. The molecule has 0 bridgehead atoms. The van der Waals surface area contributed by atoms with E-state index in [0.29, 0.717) is 17.7 Å². The lowest BCUT2D eigenvalue weighted by molar-refractivity contribution is 0.0941. The van der Waals surface area contributed by atoms with Crippen molar-refractivity contribution < 1.29 is 17.7 Å². The zero-order chi connectivity index (χ0) is 14.9. The van der Waals surface area contributed by atoms with Gasteiger partial charge < -0.3 is 9.84 Å². The molecule has 1 aliphatic rings. The average Bonchev–Trinajstić information content (AvgIpc) is 3.06. The van der Waals surface area contributed by atoms with Gasteiger partial charge in [-0.25, -0.2) is 8.42 Å². The van der Waals surface area contributed by atoms with E-state index in [0.717, 1.165) is 5.56 Å². The van der Waals surface area contributed by atoms with Crippen molar-refractivity contribution >= 4 is 15.7 Å². The van der Waals surface area contributed by atoms with Crippen molar-refractivity contribution in [3.8, 4) is 11.3 Å². The van der Waals surface area contributed by atoms with Gasteiger partial charge in [-0.05, 0) is 6.42 Å². The third kappa shape index (κ3) is 2.97. The maximum absolute atomic E-state index is 12.3. The summed E-state index contributed by atoms with van der Waals surface area (Å²) in [6, 6.07) is 8.82. The van der Waals surface area contributed by atoms with Crippen molar-refractivity contribution in [1.82, 2.24) is 10.5 Å². The fourth-order valence-corrected chi connectivity index (χ4v) is 4.04. The van der Waals surface area contributed by atoms with Crippen molar-refractivity contribution in [2.24, 2.45) is 0 Å². The number of amides is 1. The van der Waals surface area contributed by atoms with E-state index in [1.54, 1.807) is 0 Å². The Hall–Kier alpha value is -2.15. The van der Waals surface area contributed by atoms with E-state index >= 15 is 0 Å². The first-order chi connectivity index (χ1) is 10.1. The van der Waals surface area contributed by atoms with Gasteiger partial charge in [0.05, 0.1) is 17.7 Å². The number of carbonyl (C=O) groups is 1. The maximum atomic E-state index is 12.3. The van der Waals surface area contributed by atoms with Gasteiger partial charge in [-0.15, -0.1) is 0 Å². The van der Waals surface area contributed by atoms with E-state index < -0.39 is 9.84 Å². The molecule has 0 spiro atoms. The minimum atomic E-state index is -3.03. The zero-order valence-electron chi connectivity index (χ0n) is 11.2. The number of sulfone groups is 1. The molecule has 2 aromatic rings. The first kappa shape index (κ1) is 13.8. The van der Waals surface area contributed by atoms with Gasteiger partial charge in [-0.3, -0.25) is 4.79 Å². The van der Waals surface area contributed by atoms with Crippen LogP contribution in [-0.4, -0.2) is 37.0 Å². The van der Waals surface area contributed by atoms with Gasteiger partial charge in [0.25, 0.3) is 5.91 Å². The number of aromatic nitrogens is 1. The van der Waals surface area contributed by atoms with Crippen LogP contribution in [0.3, 0.4) is 0 Å². The van der Waals surface area contributed by atoms with Crippen LogP contribution in [0.15, 0.2) is 41.1 Å². The van der Waals surface area contributed by atoms with Crippen molar-refractivity contribution in [3.63, 3.8) is 0 Å². The number of hydrogen-bond acceptors (Lipinski definition) is 5. The van der Waals surface area contributed by atoms with Crippen molar-refractivity contribution in [2.75, 3.05) is 11.5 Å². The molecule has 2 heterocycles. The molecule has 0 aliphatic carbocycles. The maximum Gasteiger partial charge on any atom is 0.257 e. The largest absolute Gasteiger partial charge is 0.355 e. The Kier molecular flexibility index (Phi) is 3.50. The van der Waals surface area contributed by atoms with E-state index in [2.05, 4.69) is 10.5 Å². The Morgan fingerprint density at radius 3 is 2.71 bits per heavy atom. The molecular formula is C14H14N2O4S. The summed E-state index contributed by atoms with van der Waals surface area (Å²) >= 11 is 0. The molecule has 1 N–H and O–H groups in total. The van der Waals surface area contributed by atoms with Crippen LogP contribution in [0.1, 0.15) is 16.8 Å². The quantitative estimate of drug-likeness (QED) is 0.922. The highest BCUT2D eigenvalue weighted by atomic mass is 32.2. The van der Waals surface area contributed by atoms with Crippen LogP contribution in [0.4, 0.5) is 0 Å². The van der Waals surface area contributed by atoms with Crippen LogP contribution in [0.25, 0.3) is 11.3 Å². The van der Waals surface area contributed by atoms with E-state index in [9.17, 15) is 13.2 Å². The summed E-state index contributed by atoms with van der Waals surface area (Å²) in [5, 5.41) is 6.40. The highest BCUT2D eigenvalue weighted by Crippen LogP contribution is 2.23. The first-order valence-corrected chi connectivity index (χ1v) is 8.39. The second-order valence-electron chi connectivity index (χ2n) is 5.01. The number of rotatable bonds is 3. The topological polar surface area (TPSA) is 89.3 Å². The standard InChI is InChI=1S/C14H14N2O4S/c17-14(16-11-6-7-21(18,19)9-11)12-8-15-20-13(12)10-4-2-1-3-5-10/h1-5,8,11H,6-7,9H2,(H,16,17). The third-order valence-corrected chi connectivity index (χ3v) is 5.19. The molecule has 1 aliphatic heterocycles. The average molecular weight is 306 g/mol. The van der Waals surface area contributed by atoms with Crippen molar-refractivity contribution in [2.45, 2.75) is 12.5 Å². The Morgan fingerprint density at radius 2 is 2.05 bits per heavy atom. The summed E-state index contributed by atoms with van der Waals surface area (Å²) in [5.74, 6) is 0.129. The van der Waals surface area contributed by atoms with Gasteiger partial charge in [-0.1, -0.05) is 35.5 Å². The summed E-state index contributed by atoms with van der Waals surface area (Å²) in [7, 11) is -3.03. The second-order valence-corrected chi connectivity index (χ2v) is 7.24. The summed E-state index contributed by atoms with van der Waals surface area (Å²) in [6.45, 7) is 0. The molecule has 1 fully saturated rings. The molecule has 7 heteroatoms. The van der Waals surface area contributed by atoms with Gasteiger partial charge >= 0.3 is 0 Å². The number of nitrogens with one attached hydrogen (secondary N) is 1. The van der Waals surface area contributed by atoms with Crippen molar-refractivity contribution in [1.29, 1.82) is 0 Å². The number of nitrogens with zero attached hydrogens (tertiary/aromatic N) is 1. The van der Waals surface area contributed by atoms with Crippen LogP contribution in [0.5, 0.6) is 0 Å². The smallest absolute Gasteiger partial charge is 0.257 e. The molecule has 1 saturated heterocycles. The minimum absolute atomic E-state index is 0.00924. The first-order valence-electron chi connectivity index (χ1n) is 6.56. The lowest BCUT2D eigenvalue weighted by Crippen LogP contribution is -2.35. The predicted octanol–water partition coefficient (Wildman–Crippen LogP) is 1.26. The number of benzene rings is 1. The number of carbonyl (C=O) groups excluding carboxylic acids is 1. The molecule has 1 amide bonds. The Labute approximate surface area is 122 Å². The molecule has 0 saturated carbocycles. The minimum Gasteiger partial charge on any atom is -0.355 e. The Bertz CT molecular complexity index is 752. The highest BCUT2D eigenvalue weighted by Gasteiger charge is 2.30. The highest BCUT2D eigenvalue weighted by molar-refractivity contribution is 7.91. The van der Waals surface area contributed by atoms with Crippen LogP contribution < -0.4 is 5.32 Å². The van der Waals surface area contributed by atoms with Crippen LogP contribution in [0.2, 0.25) is 0 Å². The summed E-state index contributed by atoms with van der Waals surface area (Å²) < 4.78 is 28.0. The molecule has 1 atom stereocenters. The van der Waals surface area contributed by atoms with E-state index in [1.165, 1.54) is 6.20 Å². The molecule has 21 heavy (non-hydrogen) atoms. The van der Waals surface area contributed by atoms with Gasteiger partial charge in [-0.2, -0.15) is 0 Å². The summed E-state index contributed by atoms with van der Waals surface area (Å²) in [6.07, 6.45) is 1.79. The monoisotopic (exact) mass is 306 g/mol. The Morgan fingerprint density at radius 1 is 1.29 bits per heavy atom. The molecule has 1 unspecified atom stereocenters. The van der Waals surface area contributed by atoms with E-state index in [-0.39, 0.29) is 23.5 Å². The molecule has 6 nitrogen and oxygen atoms in total. The van der Waals surface area contributed by atoms with Gasteiger partial charge in [0, 0.05) is 11.6 Å². The van der Waals surface area contributed by atoms with Crippen LogP contribution in [-0.2, 0) is 9.84 Å². The van der Waals surface area contributed by atoms with Gasteiger partial charge in [0.15, 0.2) is 15.6 Å². The summed E-state index contributed by atoms with van der Waals surface area (Å²) in [4.78, 5) is 12.3. The molecule has 1 aromatic heterocycles. The predicted molar refractivity (Wildman–Crippen MR) is 76.5 cm³/mol. The van der Waals surface area contributed by atoms with Gasteiger partial charge in [0.2, 0.25) is 0 Å². The fourth-order valence-electron chi connectivity index (χ4n) is 2.37. The van der Waals surface area contributed by atoms with E-state index in [4.69, 9.17) is 4.52 Å². The van der Waals surface area contributed by atoms with Crippen LogP contribution >= 0.6 is 0 Å². The van der Waals surface area contributed by atoms with Gasteiger partial charge in [0.1, 0.15) is 5.56 Å². The fraction of sp³-hybridized carbons (Fsp3) is 0.286. The Balaban J connectivity index is 1.79. The van der Waals surface area contributed by atoms with Crippen LogP contribution in [0, 0.1) is 0 Å². The molecule has 3 rings (SSSR count). The molecule has 1 aromatic carbocycles. The van der Waals surface area contributed by atoms with E-state index in [1.807, 2.05) is 30.3 Å². The third-order valence-electron chi connectivity index (χ3n) is 3.42. The normalized spacial score (nSPS) is 20.3. The lowest BCUT2D eigenvalue weighted by atomic mass is 10.1. The summed E-state index contributed by atoms with van der Waals surface area (Å²) in [5.41, 5.74) is 1.06. The lowest BCUT2D eigenvalue weighted by Gasteiger charge is -2.10. The van der Waals surface area contributed by atoms with Crippen molar-refractivity contribution in [3.05, 3.63) is 42.1 Å². The number of hydrogen-bond donors (Lipinski definition) is 1. The molecule has 0 radical (unpaired) electrons.